The van der Waals surface area contributed by atoms with Gasteiger partial charge >= 0.3 is 12.3 Å². The minimum atomic E-state index is -4.60. The first-order chi connectivity index (χ1) is 19.0. The van der Waals surface area contributed by atoms with E-state index < -0.39 is 31.8 Å². The number of nitrogens with one attached hydrogen (secondary N) is 1. The maximum atomic E-state index is 13.5. The van der Waals surface area contributed by atoms with Gasteiger partial charge in [0.05, 0.1) is 12.8 Å². The van der Waals surface area contributed by atoms with Crippen LogP contribution in [0.3, 0.4) is 0 Å². The highest BCUT2D eigenvalue weighted by Crippen LogP contribution is 2.39. The number of amides is 1. The van der Waals surface area contributed by atoms with Gasteiger partial charge in [-0.05, 0) is 50.0 Å². The van der Waals surface area contributed by atoms with E-state index in [1.165, 1.54) is 18.3 Å². The third kappa shape index (κ3) is 7.12. The molecule has 0 bridgehead atoms. The summed E-state index contributed by atoms with van der Waals surface area (Å²) in [4.78, 5) is 30.7. The average molecular weight is 612 g/mol. The van der Waals surface area contributed by atoms with Gasteiger partial charge in [-0.2, -0.15) is 18.2 Å². The SMILES string of the molecule is CC1(NC(=O)O)CCN(c2nc3nc(Sc4cccnc4C(F)(F)F)cnc3n2CCO[Si](C)(C)C(C)(C)C)CC1. The van der Waals surface area contributed by atoms with E-state index in [1.54, 1.807) is 0 Å². The third-order valence-corrected chi connectivity index (χ3v) is 13.3. The molecule has 4 heterocycles. The van der Waals surface area contributed by atoms with Gasteiger partial charge in [-0.1, -0.05) is 32.5 Å². The van der Waals surface area contributed by atoms with Gasteiger partial charge in [0.25, 0.3) is 0 Å². The topological polar surface area (TPSA) is 118 Å². The number of nitrogens with zero attached hydrogens (tertiary/aromatic N) is 6. The lowest BCUT2D eigenvalue weighted by Crippen LogP contribution is -2.53. The molecule has 1 saturated heterocycles. The van der Waals surface area contributed by atoms with Crippen LogP contribution in [0.15, 0.2) is 34.4 Å². The second kappa shape index (κ2) is 11.4. The number of imidazole rings is 1. The van der Waals surface area contributed by atoms with Gasteiger partial charge in [-0.3, -0.25) is 9.55 Å². The van der Waals surface area contributed by atoms with E-state index in [4.69, 9.17) is 9.41 Å². The van der Waals surface area contributed by atoms with Crippen molar-refractivity contribution in [3.05, 3.63) is 30.2 Å². The predicted molar refractivity (Wildman–Crippen MR) is 153 cm³/mol. The molecule has 3 aromatic heterocycles. The lowest BCUT2D eigenvalue weighted by Gasteiger charge is -2.39. The molecule has 0 unspecified atom stereocenters. The summed E-state index contributed by atoms with van der Waals surface area (Å²) < 4.78 is 48.8. The molecule has 4 rings (SSSR count). The monoisotopic (exact) mass is 611 g/mol. The summed E-state index contributed by atoms with van der Waals surface area (Å²) in [6.45, 7) is 14.7. The fourth-order valence-corrected chi connectivity index (χ4v) is 6.27. The molecule has 1 aliphatic rings. The Kier molecular flexibility index (Phi) is 8.63. The van der Waals surface area contributed by atoms with Crippen LogP contribution in [0.2, 0.25) is 18.1 Å². The summed E-state index contributed by atoms with van der Waals surface area (Å²) in [6.07, 6.45) is -1.95. The van der Waals surface area contributed by atoms with E-state index in [0.717, 1.165) is 18.0 Å². The summed E-state index contributed by atoms with van der Waals surface area (Å²) in [5.41, 5.74) is -0.716. The average Bonchev–Trinajstić information content (AvgIpc) is 3.20. The van der Waals surface area contributed by atoms with Crippen LogP contribution in [-0.2, 0) is 17.1 Å². The molecule has 41 heavy (non-hydrogen) atoms. The van der Waals surface area contributed by atoms with E-state index in [0.29, 0.717) is 56.3 Å². The number of fused-ring (bicyclic) bond motifs is 1. The van der Waals surface area contributed by atoms with Crippen molar-refractivity contribution in [2.45, 2.75) is 86.9 Å². The van der Waals surface area contributed by atoms with Crippen LogP contribution in [0, 0.1) is 0 Å². The van der Waals surface area contributed by atoms with E-state index in [-0.39, 0.29) is 15.0 Å². The first-order valence-corrected chi connectivity index (χ1v) is 17.0. The zero-order valence-corrected chi connectivity index (χ0v) is 25.9. The van der Waals surface area contributed by atoms with Crippen molar-refractivity contribution in [3.63, 3.8) is 0 Å². The van der Waals surface area contributed by atoms with Crippen molar-refractivity contribution in [2.24, 2.45) is 0 Å². The molecule has 0 radical (unpaired) electrons. The lowest BCUT2D eigenvalue weighted by atomic mass is 9.90. The Balaban J connectivity index is 1.65. The normalized spacial score (nSPS) is 16.3. The van der Waals surface area contributed by atoms with Gasteiger partial charge in [0.1, 0.15) is 5.03 Å². The van der Waals surface area contributed by atoms with Crippen molar-refractivity contribution in [1.29, 1.82) is 0 Å². The van der Waals surface area contributed by atoms with Gasteiger partial charge in [-0.15, -0.1) is 0 Å². The molecule has 224 valence electrons. The maximum absolute atomic E-state index is 13.5. The van der Waals surface area contributed by atoms with Gasteiger partial charge in [0, 0.05) is 36.3 Å². The minimum Gasteiger partial charge on any atom is -0.465 e. The fourth-order valence-electron chi connectivity index (χ4n) is 4.36. The molecule has 1 fully saturated rings. The molecule has 15 heteroatoms. The second-order valence-corrected chi connectivity index (χ2v) is 17.8. The quantitative estimate of drug-likeness (QED) is 0.294. The highest BCUT2D eigenvalue weighted by molar-refractivity contribution is 7.99. The molecule has 2 N–H and O–H groups in total. The van der Waals surface area contributed by atoms with Crippen molar-refractivity contribution in [3.8, 4) is 0 Å². The molecule has 0 saturated carbocycles. The van der Waals surface area contributed by atoms with E-state index in [9.17, 15) is 23.1 Å². The Bertz CT molecular complexity index is 1400. The van der Waals surface area contributed by atoms with Gasteiger partial charge in [-0.25, -0.2) is 14.8 Å². The Morgan fingerprint density at radius 1 is 1.20 bits per heavy atom. The van der Waals surface area contributed by atoms with Crippen LogP contribution in [-0.4, -0.2) is 69.3 Å². The molecule has 10 nitrogen and oxygen atoms in total. The largest absolute Gasteiger partial charge is 0.465 e. The first-order valence-electron chi connectivity index (χ1n) is 13.3. The number of piperidine rings is 1. The Morgan fingerprint density at radius 3 is 2.49 bits per heavy atom. The number of carbonyl (C=O) groups is 1. The summed E-state index contributed by atoms with van der Waals surface area (Å²) in [5, 5.41) is 12.1. The van der Waals surface area contributed by atoms with Crippen LogP contribution in [0.5, 0.6) is 0 Å². The number of hydrogen-bond donors (Lipinski definition) is 2. The number of pyridine rings is 1. The zero-order valence-electron chi connectivity index (χ0n) is 24.0. The number of alkyl halides is 3. The minimum absolute atomic E-state index is 0.0365. The standard InChI is InChI=1S/C26H36F3N7O3SSi/c1-24(2,3)41(5,6)39-15-14-36-21-20(33-22(36)35-12-9-25(4,10-13-35)34-23(37)38)32-18(16-31-21)40-17-8-7-11-30-19(17)26(27,28)29/h7-8,11,16,34H,9-10,12-15H2,1-6H3,(H,37,38). The van der Waals surface area contributed by atoms with Gasteiger partial charge in [0.15, 0.2) is 25.3 Å². The zero-order chi connectivity index (χ0) is 30.2. The van der Waals surface area contributed by atoms with Gasteiger partial charge < -0.3 is 19.7 Å². The second-order valence-electron chi connectivity index (χ2n) is 12.0. The van der Waals surface area contributed by atoms with Crippen molar-refractivity contribution < 1.29 is 27.5 Å². The first kappa shape index (κ1) is 31.0. The van der Waals surface area contributed by atoms with Crippen LogP contribution in [0.25, 0.3) is 11.3 Å². The molecule has 1 aliphatic heterocycles. The Morgan fingerprint density at radius 2 is 1.88 bits per heavy atom. The summed E-state index contributed by atoms with van der Waals surface area (Å²) in [5.74, 6) is 0.621. The van der Waals surface area contributed by atoms with Crippen LogP contribution < -0.4 is 10.2 Å². The summed E-state index contributed by atoms with van der Waals surface area (Å²) in [7, 11) is -2.02. The molecule has 0 aromatic carbocycles. The molecule has 0 atom stereocenters. The van der Waals surface area contributed by atoms with E-state index in [2.05, 4.69) is 59.0 Å². The highest BCUT2D eigenvalue weighted by Gasteiger charge is 2.38. The summed E-state index contributed by atoms with van der Waals surface area (Å²) >= 11 is 0.834. The summed E-state index contributed by atoms with van der Waals surface area (Å²) in [6, 6.07) is 2.80. The molecule has 0 spiro atoms. The number of rotatable bonds is 8. The predicted octanol–water partition coefficient (Wildman–Crippen LogP) is 6.04. The highest BCUT2D eigenvalue weighted by atomic mass is 32.2. The maximum Gasteiger partial charge on any atom is 0.434 e. The third-order valence-electron chi connectivity index (χ3n) is 7.81. The van der Waals surface area contributed by atoms with Crippen molar-refractivity contribution in [2.75, 3.05) is 24.6 Å². The number of hydrogen-bond acceptors (Lipinski definition) is 8. The smallest absolute Gasteiger partial charge is 0.434 e. The molecule has 3 aromatic rings. The molecule has 1 amide bonds. The van der Waals surface area contributed by atoms with Crippen LogP contribution >= 0.6 is 11.8 Å². The number of carboxylic acid groups (broad SMARTS) is 1. The number of aromatic nitrogens is 5. The van der Waals surface area contributed by atoms with E-state index in [1.807, 2.05) is 11.5 Å². The van der Waals surface area contributed by atoms with Crippen LogP contribution in [0.1, 0.15) is 46.2 Å². The number of anilines is 1. The van der Waals surface area contributed by atoms with Gasteiger partial charge in [0.2, 0.25) is 5.95 Å². The van der Waals surface area contributed by atoms with Crippen molar-refractivity contribution in [1.82, 2.24) is 29.8 Å². The Hall–Kier alpha value is -2.91. The van der Waals surface area contributed by atoms with Crippen LogP contribution in [0.4, 0.5) is 23.9 Å². The van der Waals surface area contributed by atoms with E-state index >= 15 is 0 Å². The van der Waals surface area contributed by atoms with Crippen molar-refractivity contribution >= 4 is 43.4 Å². The molecule has 0 aliphatic carbocycles. The lowest BCUT2D eigenvalue weighted by molar-refractivity contribution is -0.143. The Labute approximate surface area is 242 Å². The fraction of sp³-hybridized carbons (Fsp3) is 0.577. The molecular formula is C26H36F3N7O3SSi. The number of halogens is 3. The molecular weight excluding hydrogens is 575 g/mol.